The van der Waals surface area contributed by atoms with E-state index in [1.165, 1.54) is 5.56 Å². The summed E-state index contributed by atoms with van der Waals surface area (Å²) in [5.74, 6) is 1.93. The molecule has 1 heteroatoms. The number of hydrogen-bond donors (Lipinski definition) is 1. The van der Waals surface area contributed by atoms with Gasteiger partial charge in [0.1, 0.15) is 0 Å². The minimum Gasteiger partial charge on any atom is -0.385 e. The van der Waals surface area contributed by atoms with Gasteiger partial charge in [-0.2, -0.15) is 0 Å². The average Bonchev–Trinajstić information content (AvgIpc) is 2.24. The SMILES string of the molecule is CC(C)c1ccc(C2(O)CC(C(C)C)C2)cc1. The van der Waals surface area contributed by atoms with E-state index in [1.807, 2.05) is 0 Å². The van der Waals surface area contributed by atoms with Gasteiger partial charge in [-0.15, -0.1) is 0 Å². The molecule has 0 unspecified atom stereocenters. The second kappa shape index (κ2) is 4.45. The predicted molar refractivity (Wildman–Crippen MR) is 72.0 cm³/mol. The van der Waals surface area contributed by atoms with E-state index in [-0.39, 0.29) is 0 Å². The van der Waals surface area contributed by atoms with Crippen molar-refractivity contribution < 1.29 is 5.11 Å². The van der Waals surface area contributed by atoms with Gasteiger partial charge in [0, 0.05) is 0 Å². The van der Waals surface area contributed by atoms with Crippen molar-refractivity contribution >= 4 is 0 Å². The van der Waals surface area contributed by atoms with E-state index in [2.05, 4.69) is 52.0 Å². The summed E-state index contributed by atoms with van der Waals surface area (Å²) >= 11 is 0. The highest BCUT2D eigenvalue weighted by atomic mass is 16.3. The fraction of sp³-hybridized carbons (Fsp3) is 0.625. The van der Waals surface area contributed by atoms with Crippen molar-refractivity contribution in [2.45, 2.75) is 52.1 Å². The Bertz CT molecular complexity index is 369. The smallest absolute Gasteiger partial charge is 0.0902 e. The number of hydrogen-bond acceptors (Lipinski definition) is 1. The monoisotopic (exact) mass is 232 g/mol. The zero-order valence-electron chi connectivity index (χ0n) is 11.4. The number of rotatable bonds is 3. The summed E-state index contributed by atoms with van der Waals surface area (Å²) in [4.78, 5) is 0. The molecule has 0 saturated heterocycles. The summed E-state index contributed by atoms with van der Waals surface area (Å²) in [6.45, 7) is 8.88. The maximum atomic E-state index is 10.5. The van der Waals surface area contributed by atoms with Crippen LogP contribution in [0.3, 0.4) is 0 Å². The third-order valence-electron chi connectivity index (χ3n) is 4.26. The first-order valence-corrected chi connectivity index (χ1v) is 6.75. The van der Waals surface area contributed by atoms with Crippen LogP contribution in [0, 0.1) is 11.8 Å². The van der Waals surface area contributed by atoms with Crippen molar-refractivity contribution in [2.24, 2.45) is 11.8 Å². The van der Waals surface area contributed by atoms with Crippen LogP contribution >= 0.6 is 0 Å². The molecule has 1 saturated carbocycles. The molecule has 0 aliphatic heterocycles. The molecular weight excluding hydrogens is 208 g/mol. The minimum absolute atomic E-state index is 0.551. The van der Waals surface area contributed by atoms with Crippen LogP contribution in [0.1, 0.15) is 57.6 Å². The fourth-order valence-electron chi connectivity index (χ4n) is 2.69. The van der Waals surface area contributed by atoms with Gasteiger partial charge in [0.15, 0.2) is 0 Å². The van der Waals surface area contributed by atoms with Gasteiger partial charge < -0.3 is 5.11 Å². The van der Waals surface area contributed by atoms with E-state index in [0.717, 1.165) is 18.4 Å². The van der Waals surface area contributed by atoms with Crippen molar-refractivity contribution in [3.05, 3.63) is 35.4 Å². The molecule has 0 heterocycles. The zero-order chi connectivity index (χ0) is 12.6. The van der Waals surface area contributed by atoms with Gasteiger partial charge in [0.05, 0.1) is 5.60 Å². The maximum Gasteiger partial charge on any atom is 0.0902 e. The molecule has 1 aromatic rings. The Balaban J connectivity index is 2.09. The van der Waals surface area contributed by atoms with Crippen LogP contribution in [0.4, 0.5) is 0 Å². The third-order valence-corrected chi connectivity index (χ3v) is 4.26. The Kier molecular flexibility index (Phi) is 3.31. The summed E-state index contributed by atoms with van der Waals surface area (Å²) in [6, 6.07) is 8.51. The first kappa shape index (κ1) is 12.6. The molecule has 1 aromatic carbocycles. The molecule has 0 radical (unpaired) electrons. The van der Waals surface area contributed by atoms with Gasteiger partial charge in [-0.05, 0) is 41.7 Å². The first-order chi connectivity index (χ1) is 7.92. The average molecular weight is 232 g/mol. The molecule has 1 fully saturated rings. The quantitative estimate of drug-likeness (QED) is 0.833. The van der Waals surface area contributed by atoms with Crippen LogP contribution in [0.2, 0.25) is 0 Å². The van der Waals surface area contributed by atoms with Gasteiger partial charge >= 0.3 is 0 Å². The summed E-state index contributed by atoms with van der Waals surface area (Å²) < 4.78 is 0. The lowest BCUT2D eigenvalue weighted by atomic mass is 9.63. The van der Waals surface area contributed by atoms with Crippen molar-refractivity contribution in [1.82, 2.24) is 0 Å². The molecule has 0 spiro atoms. The molecule has 0 aromatic heterocycles. The zero-order valence-corrected chi connectivity index (χ0v) is 11.4. The van der Waals surface area contributed by atoms with E-state index >= 15 is 0 Å². The molecule has 94 valence electrons. The standard InChI is InChI=1S/C16H24O/c1-11(2)13-5-7-15(8-6-13)16(17)9-14(10-16)12(3)4/h5-8,11-12,14,17H,9-10H2,1-4H3. The molecular formula is C16H24O. The largest absolute Gasteiger partial charge is 0.385 e. The van der Waals surface area contributed by atoms with E-state index in [4.69, 9.17) is 0 Å². The molecule has 2 rings (SSSR count). The molecule has 0 atom stereocenters. The van der Waals surface area contributed by atoms with Gasteiger partial charge in [0.25, 0.3) is 0 Å². The lowest BCUT2D eigenvalue weighted by molar-refractivity contribution is -0.0933. The van der Waals surface area contributed by atoms with Crippen molar-refractivity contribution in [1.29, 1.82) is 0 Å². The van der Waals surface area contributed by atoms with Crippen LogP contribution < -0.4 is 0 Å². The lowest BCUT2D eigenvalue weighted by Gasteiger charge is -2.46. The fourth-order valence-corrected chi connectivity index (χ4v) is 2.69. The summed E-state index contributed by atoms with van der Waals surface area (Å²) in [6.07, 6.45) is 1.84. The van der Waals surface area contributed by atoms with Gasteiger partial charge in [-0.25, -0.2) is 0 Å². The topological polar surface area (TPSA) is 20.2 Å². The van der Waals surface area contributed by atoms with Crippen LogP contribution in [-0.2, 0) is 5.60 Å². The highest BCUT2D eigenvalue weighted by Crippen LogP contribution is 2.48. The van der Waals surface area contributed by atoms with Crippen molar-refractivity contribution in [3.8, 4) is 0 Å². The Morgan fingerprint density at radius 3 is 2.00 bits per heavy atom. The second-order valence-corrected chi connectivity index (χ2v) is 6.22. The normalized spacial score (nSPS) is 28.5. The van der Waals surface area contributed by atoms with Crippen molar-refractivity contribution in [2.75, 3.05) is 0 Å². The van der Waals surface area contributed by atoms with Gasteiger partial charge in [-0.3, -0.25) is 0 Å². The molecule has 1 aliphatic rings. The van der Waals surface area contributed by atoms with E-state index in [9.17, 15) is 5.11 Å². The first-order valence-electron chi connectivity index (χ1n) is 6.75. The highest BCUT2D eigenvalue weighted by molar-refractivity contribution is 5.30. The number of benzene rings is 1. The van der Waals surface area contributed by atoms with E-state index in [0.29, 0.717) is 17.8 Å². The van der Waals surface area contributed by atoms with Crippen molar-refractivity contribution in [3.63, 3.8) is 0 Å². The number of aliphatic hydroxyl groups is 1. The van der Waals surface area contributed by atoms with Gasteiger partial charge in [0.2, 0.25) is 0 Å². The summed E-state index contributed by atoms with van der Waals surface area (Å²) in [7, 11) is 0. The summed E-state index contributed by atoms with van der Waals surface area (Å²) in [5.41, 5.74) is 1.89. The maximum absolute atomic E-state index is 10.5. The Morgan fingerprint density at radius 1 is 1.06 bits per heavy atom. The molecule has 17 heavy (non-hydrogen) atoms. The predicted octanol–water partition coefficient (Wildman–Crippen LogP) is 4.06. The Morgan fingerprint density at radius 2 is 1.59 bits per heavy atom. The molecule has 1 aliphatic carbocycles. The van der Waals surface area contributed by atoms with Crippen LogP contribution in [0.15, 0.2) is 24.3 Å². The molecule has 0 bridgehead atoms. The minimum atomic E-state index is -0.551. The van der Waals surface area contributed by atoms with Crippen LogP contribution in [-0.4, -0.2) is 5.11 Å². The Labute approximate surface area is 105 Å². The highest BCUT2D eigenvalue weighted by Gasteiger charge is 2.44. The summed E-state index contributed by atoms with van der Waals surface area (Å²) in [5, 5.41) is 10.5. The Hall–Kier alpha value is -0.820. The van der Waals surface area contributed by atoms with E-state index in [1.54, 1.807) is 0 Å². The van der Waals surface area contributed by atoms with E-state index < -0.39 is 5.60 Å². The molecule has 1 N–H and O–H groups in total. The van der Waals surface area contributed by atoms with Gasteiger partial charge in [-0.1, -0.05) is 52.0 Å². The third kappa shape index (κ3) is 2.40. The van der Waals surface area contributed by atoms with Crippen LogP contribution in [0.5, 0.6) is 0 Å². The molecule has 1 nitrogen and oxygen atoms in total. The molecule has 0 amide bonds. The second-order valence-electron chi connectivity index (χ2n) is 6.22. The van der Waals surface area contributed by atoms with Crippen LogP contribution in [0.25, 0.3) is 0 Å². The lowest BCUT2D eigenvalue weighted by Crippen LogP contribution is -2.43.